The molecule has 2 atom stereocenters. The number of anilines is 1. The van der Waals surface area contributed by atoms with Crippen LogP contribution >= 0.6 is 11.6 Å². The third-order valence-electron chi connectivity index (χ3n) is 4.91. The van der Waals surface area contributed by atoms with Crippen molar-refractivity contribution in [3.63, 3.8) is 0 Å². The molecule has 4 rings (SSSR count). The minimum Gasteiger partial charge on any atom is -0.486 e. The van der Waals surface area contributed by atoms with Crippen molar-refractivity contribution < 1.29 is 27.4 Å². The van der Waals surface area contributed by atoms with Crippen LogP contribution in [0.2, 0.25) is 5.02 Å². The number of sulfonamides is 1. The van der Waals surface area contributed by atoms with Crippen LogP contribution in [0.4, 0.5) is 5.69 Å². The second-order valence-electron chi connectivity index (χ2n) is 7.15. The lowest BCUT2D eigenvalue weighted by molar-refractivity contribution is -0.128. The average molecular weight is 453 g/mol. The van der Waals surface area contributed by atoms with Gasteiger partial charge in [0.05, 0.1) is 24.5 Å². The Labute approximate surface area is 179 Å². The molecule has 0 radical (unpaired) electrons. The van der Waals surface area contributed by atoms with Crippen LogP contribution in [0.3, 0.4) is 0 Å². The summed E-state index contributed by atoms with van der Waals surface area (Å²) in [7, 11) is -3.63. The Morgan fingerprint density at radius 3 is 2.57 bits per heavy atom. The molecular weight excluding hydrogens is 432 g/mol. The van der Waals surface area contributed by atoms with Gasteiger partial charge in [-0.1, -0.05) is 17.7 Å². The van der Waals surface area contributed by atoms with E-state index in [4.69, 9.17) is 25.8 Å². The van der Waals surface area contributed by atoms with Gasteiger partial charge in [0.2, 0.25) is 10.0 Å². The summed E-state index contributed by atoms with van der Waals surface area (Å²) in [4.78, 5) is 12.9. The Morgan fingerprint density at radius 2 is 1.83 bits per heavy atom. The summed E-state index contributed by atoms with van der Waals surface area (Å²) in [6.07, 6.45) is 0.0727. The maximum absolute atomic E-state index is 12.9. The van der Waals surface area contributed by atoms with Crippen LogP contribution in [0.5, 0.6) is 17.2 Å². The highest BCUT2D eigenvalue weighted by atomic mass is 35.5. The topological polar surface area (TPSA) is 94.2 Å². The van der Waals surface area contributed by atoms with Crippen molar-refractivity contribution in [3.05, 3.63) is 47.0 Å². The lowest BCUT2D eigenvalue weighted by atomic mass is 10.1. The first-order valence-corrected chi connectivity index (χ1v) is 11.6. The molecule has 1 N–H and O–H groups in total. The van der Waals surface area contributed by atoms with E-state index >= 15 is 0 Å². The average Bonchev–Trinajstić information content (AvgIpc) is 2.71. The number of halogens is 1. The van der Waals surface area contributed by atoms with Gasteiger partial charge in [-0.25, -0.2) is 8.42 Å². The lowest BCUT2D eigenvalue weighted by Gasteiger charge is -2.34. The highest BCUT2D eigenvalue weighted by molar-refractivity contribution is 7.92. The van der Waals surface area contributed by atoms with Crippen LogP contribution in [-0.4, -0.2) is 46.4 Å². The van der Waals surface area contributed by atoms with Crippen LogP contribution in [0.15, 0.2) is 36.4 Å². The minimum absolute atomic E-state index is 0.147. The Balaban J connectivity index is 1.53. The second-order valence-corrected chi connectivity index (χ2v) is 9.49. The fourth-order valence-corrected chi connectivity index (χ4v) is 4.47. The maximum Gasteiger partial charge on any atom is 0.263 e. The number of ether oxygens (including phenoxy) is 3. The van der Waals surface area contributed by atoms with Gasteiger partial charge in [0.25, 0.3) is 5.91 Å². The summed E-state index contributed by atoms with van der Waals surface area (Å²) >= 11 is 6.00. The fourth-order valence-electron chi connectivity index (χ4n) is 3.39. The molecule has 8 nitrogen and oxygen atoms in total. The number of benzene rings is 2. The number of rotatable bonds is 4. The van der Waals surface area contributed by atoms with Crippen LogP contribution in [-0.2, 0) is 14.8 Å². The predicted molar refractivity (Wildman–Crippen MR) is 112 cm³/mol. The first-order chi connectivity index (χ1) is 14.2. The standard InChI is InChI=1S/C20H21ClN2O6S/c1-12(13-3-5-17-18(9-13)28-8-7-27-17)22-20(24)19-11-23(30(2,25)26)15-10-14(21)4-6-16(15)29-19/h3-6,9-10,12,19H,7-8,11H2,1-2H3,(H,22,24)/t12-,19+/m0/s1. The maximum atomic E-state index is 12.9. The third kappa shape index (κ3) is 4.13. The van der Waals surface area contributed by atoms with E-state index in [0.717, 1.165) is 16.1 Å². The van der Waals surface area contributed by atoms with E-state index < -0.39 is 22.0 Å². The molecule has 0 spiro atoms. The van der Waals surface area contributed by atoms with Gasteiger partial charge < -0.3 is 19.5 Å². The van der Waals surface area contributed by atoms with Crippen LogP contribution in [0, 0.1) is 0 Å². The second kappa shape index (κ2) is 7.88. The molecule has 2 aliphatic heterocycles. The highest BCUT2D eigenvalue weighted by Gasteiger charge is 2.35. The monoisotopic (exact) mass is 452 g/mol. The summed E-state index contributed by atoms with van der Waals surface area (Å²) in [6.45, 7) is 2.65. The van der Waals surface area contributed by atoms with Gasteiger partial charge in [-0.2, -0.15) is 0 Å². The van der Waals surface area contributed by atoms with Gasteiger partial charge in [-0.3, -0.25) is 9.10 Å². The number of carbonyl (C=O) groups is 1. The molecule has 2 aromatic rings. The molecule has 2 aliphatic rings. The minimum atomic E-state index is -3.63. The lowest BCUT2D eigenvalue weighted by Crippen LogP contribution is -2.50. The van der Waals surface area contributed by atoms with Crippen molar-refractivity contribution in [1.82, 2.24) is 5.32 Å². The van der Waals surface area contributed by atoms with E-state index in [1.54, 1.807) is 18.2 Å². The van der Waals surface area contributed by atoms with Gasteiger partial charge in [-0.05, 0) is 42.8 Å². The van der Waals surface area contributed by atoms with E-state index in [-0.39, 0.29) is 18.3 Å². The number of amides is 1. The summed E-state index contributed by atoms with van der Waals surface area (Å²) in [5, 5.41) is 3.26. The molecule has 0 saturated heterocycles. The number of fused-ring (bicyclic) bond motifs is 2. The van der Waals surface area contributed by atoms with Crippen LogP contribution in [0.1, 0.15) is 18.5 Å². The van der Waals surface area contributed by atoms with Crippen molar-refractivity contribution in [3.8, 4) is 17.2 Å². The van der Waals surface area contributed by atoms with E-state index in [0.29, 0.717) is 35.4 Å². The third-order valence-corrected chi connectivity index (χ3v) is 6.29. The molecule has 0 aromatic heterocycles. The van der Waals surface area contributed by atoms with Gasteiger partial charge in [0.1, 0.15) is 19.0 Å². The Bertz CT molecular complexity index is 1090. The molecule has 2 aromatic carbocycles. The fraction of sp³-hybridized carbons (Fsp3) is 0.350. The molecule has 0 fully saturated rings. The largest absolute Gasteiger partial charge is 0.486 e. The molecular formula is C20H21ClN2O6S. The van der Waals surface area contributed by atoms with Gasteiger partial charge in [-0.15, -0.1) is 0 Å². The molecule has 1 amide bonds. The SMILES string of the molecule is C[C@H](NC(=O)[C@H]1CN(S(C)(=O)=O)c2cc(Cl)ccc2O1)c1ccc2c(c1)OCCO2. The number of nitrogens with one attached hydrogen (secondary N) is 1. The first-order valence-electron chi connectivity index (χ1n) is 9.36. The van der Waals surface area contributed by atoms with Crippen molar-refractivity contribution in [1.29, 1.82) is 0 Å². The van der Waals surface area contributed by atoms with Crippen LogP contribution < -0.4 is 23.8 Å². The van der Waals surface area contributed by atoms with E-state index in [2.05, 4.69) is 5.32 Å². The molecule has 30 heavy (non-hydrogen) atoms. The molecule has 0 saturated carbocycles. The molecule has 160 valence electrons. The van der Waals surface area contributed by atoms with Gasteiger partial charge in [0.15, 0.2) is 17.6 Å². The van der Waals surface area contributed by atoms with E-state index in [1.807, 2.05) is 19.1 Å². The van der Waals surface area contributed by atoms with E-state index in [1.165, 1.54) is 6.07 Å². The summed E-state index contributed by atoms with van der Waals surface area (Å²) in [5.41, 5.74) is 1.14. The zero-order valence-electron chi connectivity index (χ0n) is 16.4. The van der Waals surface area contributed by atoms with Crippen molar-refractivity contribution in [2.24, 2.45) is 0 Å². The first kappa shape index (κ1) is 20.6. The zero-order chi connectivity index (χ0) is 21.5. The Morgan fingerprint density at radius 1 is 1.13 bits per heavy atom. The predicted octanol–water partition coefficient (Wildman–Crippen LogP) is 2.52. The normalized spacial score (nSPS) is 18.8. The summed E-state index contributed by atoms with van der Waals surface area (Å²) in [6, 6.07) is 9.76. The number of hydrogen-bond donors (Lipinski definition) is 1. The molecule has 10 heteroatoms. The quantitative estimate of drug-likeness (QED) is 0.766. The molecule has 0 unspecified atom stereocenters. The zero-order valence-corrected chi connectivity index (χ0v) is 18.0. The summed E-state index contributed by atoms with van der Waals surface area (Å²) < 4.78 is 42.6. The number of hydrogen-bond acceptors (Lipinski definition) is 6. The van der Waals surface area contributed by atoms with Crippen molar-refractivity contribution >= 4 is 33.2 Å². The van der Waals surface area contributed by atoms with Crippen molar-refractivity contribution in [2.75, 3.05) is 30.3 Å². The Hall–Kier alpha value is -2.65. The Kier molecular flexibility index (Phi) is 5.42. The highest BCUT2D eigenvalue weighted by Crippen LogP contribution is 2.37. The van der Waals surface area contributed by atoms with E-state index in [9.17, 15) is 13.2 Å². The molecule has 0 bridgehead atoms. The van der Waals surface area contributed by atoms with Gasteiger partial charge in [0, 0.05) is 5.02 Å². The van der Waals surface area contributed by atoms with Crippen molar-refractivity contribution in [2.45, 2.75) is 19.1 Å². The number of carbonyl (C=O) groups excluding carboxylic acids is 1. The summed E-state index contributed by atoms with van der Waals surface area (Å²) in [5.74, 6) is 1.15. The number of nitrogens with zero attached hydrogens (tertiary/aromatic N) is 1. The smallest absolute Gasteiger partial charge is 0.263 e. The molecule has 2 heterocycles. The van der Waals surface area contributed by atoms with Gasteiger partial charge >= 0.3 is 0 Å². The molecule has 0 aliphatic carbocycles. The van der Waals surface area contributed by atoms with Crippen LogP contribution in [0.25, 0.3) is 0 Å².